The minimum absolute atomic E-state index is 1.09. The van der Waals surface area contributed by atoms with E-state index in [4.69, 9.17) is 5.40 Å². The van der Waals surface area contributed by atoms with Crippen LogP contribution in [0, 0.1) is 0 Å². The van der Waals surface area contributed by atoms with Gasteiger partial charge in [-0.05, 0) is 6.42 Å². The van der Waals surface area contributed by atoms with E-state index in [9.17, 15) is 0 Å². The number of nitrogens with two attached hydrogens (primary N) is 1. The van der Waals surface area contributed by atoms with Gasteiger partial charge in [-0.15, -0.1) is 0 Å². The number of hydrogen-bond acceptors (Lipinski definition) is 1. The molecule has 0 aromatic carbocycles. The zero-order chi connectivity index (χ0) is 6.91. The van der Waals surface area contributed by atoms with E-state index in [1.807, 2.05) is 0 Å². The lowest BCUT2D eigenvalue weighted by Gasteiger charge is -2.16. The van der Waals surface area contributed by atoms with E-state index in [2.05, 4.69) is 31.3 Å². The molecule has 0 fully saturated rings. The Kier molecular flexibility index (Phi) is 1.59. The molecule has 0 amide bonds. The summed E-state index contributed by atoms with van der Waals surface area (Å²) in [5.74, 6) is 0. The maximum absolute atomic E-state index is 5.97. The Labute approximate surface area is 57.3 Å². The van der Waals surface area contributed by atoms with Gasteiger partial charge in [0.15, 0.2) is 0 Å². The van der Waals surface area contributed by atoms with Gasteiger partial charge < -0.3 is 5.40 Å². The standard InChI is InChI=1S/C7H13NSi/c1-9(2,8)7-5-3-4-6-7/h3-5H,6,8H2,1-2H3. The van der Waals surface area contributed by atoms with Gasteiger partial charge in [-0.2, -0.15) is 0 Å². The molecule has 1 nitrogen and oxygen atoms in total. The van der Waals surface area contributed by atoms with Crippen LogP contribution in [0.3, 0.4) is 0 Å². The molecule has 0 spiro atoms. The monoisotopic (exact) mass is 139 g/mol. The smallest absolute Gasteiger partial charge is 0.145 e. The number of allylic oxidation sites excluding steroid dienone is 4. The molecule has 0 saturated heterocycles. The second-order valence-corrected chi connectivity index (χ2v) is 7.13. The average Bonchev–Trinajstić information content (AvgIpc) is 2.08. The van der Waals surface area contributed by atoms with Crippen molar-refractivity contribution < 1.29 is 0 Å². The van der Waals surface area contributed by atoms with Crippen LogP contribution in [0.25, 0.3) is 0 Å². The second-order valence-electron chi connectivity index (χ2n) is 3.05. The van der Waals surface area contributed by atoms with E-state index in [1.54, 1.807) is 0 Å². The predicted octanol–water partition coefficient (Wildman–Crippen LogP) is 1.58. The van der Waals surface area contributed by atoms with Crippen LogP contribution in [-0.4, -0.2) is 8.24 Å². The van der Waals surface area contributed by atoms with Gasteiger partial charge in [0.05, 0.1) is 0 Å². The van der Waals surface area contributed by atoms with Crippen molar-refractivity contribution in [2.45, 2.75) is 19.5 Å². The van der Waals surface area contributed by atoms with Crippen LogP contribution in [0.5, 0.6) is 0 Å². The van der Waals surface area contributed by atoms with Crippen molar-refractivity contribution in [1.82, 2.24) is 0 Å². The first-order valence-corrected chi connectivity index (χ1v) is 6.33. The summed E-state index contributed by atoms with van der Waals surface area (Å²) in [6.07, 6.45) is 7.51. The molecule has 0 unspecified atom stereocenters. The molecule has 1 aliphatic carbocycles. The van der Waals surface area contributed by atoms with E-state index < -0.39 is 8.24 Å². The Balaban J connectivity index is 2.66. The van der Waals surface area contributed by atoms with Gasteiger partial charge in [0, 0.05) is 0 Å². The lowest BCUT2D eigenvalue weighted by molar-refractivity contribution is 1.33. The molecule has 2 N–H and O–H groups in total. The van der Waals surface area contributed by atoms with E-state index >= 15 is 0 Å². The maximum atomic E-state index is 5.97. The third-order valence-electron chi connectivity index (χ3n) is 1.60. The van der Waals surface area contributed by atoms with E-state index in [0.29, 0.717) is 0 Å². The molecule has 0 aliphatic heterocycles. The first-order chi connectivity index (χ1) is 4.11. The van der Waals surface area contributed by atoms with Gasteiger partial charge in [0.2, 0.25) is 0 Å². The molecule has 50 valence electrons. The van der Waals surface area contributed by atoms with Gasteiger partial charge in [0.25, 0.3) is 0 Å². The normalized spacial score (nSPS) is 18.3. The van der Waals surface area contributed by atoms with Crippen LogP contribution in [0.1, 0.15) is 6.42 Å². The van der Waals surface area contributed by atoms with Crippen molar-refractivity contribution in [1.29, 1.82) is 0 Å². The molecule has 9 heavy (non-hydrogen) atoms. The van der Waals surface area contributed by atoms with E-state index in [0.717, 1.165) is 6.42 Å². The van der Waals surface area contributed by atoms with Crippen molar-refractivity contribution in [3.05, 3.63) is 23.4 Å². The van der Waals surface area contributed by atoms with Crippen LogP contribution in [-0.2, 0) is 0 Å². The van der Waals surface area contributed by atoms with Crippen molar-refractivity contribution in [2.24, 2.45) is 5.40 Å². The summed E-state index contributed by atoms with van der Waals surface area (Å²) in [7, 11) is -1.43. The molecular weight excluding hydrogens is 126 g/mol. The highest BCUT2D eigenvalue weighted by molar-refractivity contribution is 6.81. The topological polar surface area (TPSA) is 26.0 Å². The van der Waals surface area contributed by atoms with Gasteiger partial charge in [0.1, 0.15) is 8.24 Å². The van der Waals surface area contributed by atoms with E-state index in [1.165, 1.54) is 5.20 Å². The van der Waals surface area contributed by atoms with Crippen LogP contribution in [0.4, 0.5) is 0 Å². The summed E-state index contributed by atoms with van der Waals surface area (Å²) in [5.41, 5.74) is 0. The summed E-state index contributed by atoms with van der Waals surface area (Å²) in [4.78, 5) is 0. The highest BCUT2D eigenvalue weighted by Gasteiger charge is 2.20. The van der Waals surface area contributed by atoms with Gasteiger partial charge >= 0.3 is 0 Å². The fourth-order valence-electron chi connectivity index (χ4n) is 0.925. The molecule has 0 aromatic heterocycles. The number of rotatable bonds is 1. The van der Waals surface area contributed by atoms with Crippen molar-refractivity contribution in [3.63, 3.8) is 0 Å². The van der Waals surface area contributed by atoms with Crippen molar-refractivity contribution >= 4 is 8.24 Å². The van der Waals surface area contributed by atoms with Crippen LogP contribution < -0.4 is 5.40 Å². The van der Waals surface area contributed by atoms with Gasteiger partial charge in [-0.25, -0.2) is 0 Å². The van der Waals surface area contributed by atoms with Gasteiger partial charge in [-0.1, -0.05) is 36.5 Å². The molecule has 0 radical (unpaired) electrons. The quantitative estimate of drug-likeness (QED) is 0.548. The average molecular weight is 139 g/mol. The molecule has 0 atom stereocenters. The highest BCUT2D eigenvalue weighted by Crippen LogP contribution is 2.17. The molecule has 1 rings (SSSR count). The zero-order valence-electron chi connectivity index (χ0n) is 6.02. The SMILES string of the molecule is C[Si](C)(N)C1=CC=CC1. The maximum Gasteiger partial charge on any atom is 0.145 e. The molecule has 2 heteroatoms. The Morgan fingerprint density at radius 3 is 2.44 bits per heavy atom. The largest absolute Gasteiger partial charge is 0.348 e. The summed E-state index contributed by atoms with van der Waals surface area (Å²) < 4.78 is 0. The molecular formula is C7H13NSi. The third-order valence-corrected chi connectivity index (χ3v) is 3.62. The fraction of sp³-hybridized carbons (Fsp3) is 0.429. The van der Waals surface area contributed by atoms with Gasteiger partial charge in [-0.3, -0.25) is 0 Å². The summed E-state index contributed by atoms with van der Waals surface area (Å²) in [6, 6.07) is 0. The highest BCUT2D eigenvalue weighted by atomic mass is 28.3. The first kappa shape index (κ1) is 6.77. The lowest BCUT2D eigenvalue weighted by Crippen LogP contribution is -2.40. The lowest BCUT2D eigenvalue weighted by atomic mass is 10.5. The Morgan fingerprint density at radius 1 is 1.56 bits per heavy atom. The molecule has 0 aromatic rings. The molecule has 0 bridgehead atoms. The molecule has 1 aliphatic rings. The van der Waals surface area contributed by atoms with Crippen molar-refractivity contribution in [3.8, 4) is 0 Å². The fourth-order valence-corrected chi connectivity index (χ4v) is 2.09. The minimum atomic E-state index is -1.43. The summed E-state index contributed by atoms with van der Waals surface area (Å²) >= 11 is 0. The van der Waals surface area contributed by atoms with Crippen LogP contribution in [0.15, 0.2) is 23.4 Å². The Hall–Kier alpha value is -0.343. The van der Waals surface area contributed by atoms with E-state index in [-0.39, 0.29) is 0 Å². The zero-order valence-corrected chi connectivity index (χ0v) is 7.02. The molecule has 0 heterocycles. The van der Waals surface area contributed by atoms with Crippen LogP contribution >= 0.6 is 0 Å². The predicted molar refractivity (Wildman–Crippen MR) is 43.5 cm³/mol. The molecule has 0 saturated carbocycles. The first-order valence-electron chi connectivity index (χ1n) is 3.26. The number of hydrogen-bond donors (Lipinski definition) is 1. The summed E-state index contributed by atoms with van der Waals surface area (Å²) in [6.45, 7) is 4.34. The van der Waals surface area contributed by atoms with Crippen LogP contribution in [0.2, 0.25) is 13.1 Å². The summed E-state index contributed by atoms with van der Waals surface area (Å²) in [5, 5.41) is 7.43. The third kappa shape index (κ3) is 1.53. The minimum Gasteiger partial charge on any atom is -0.348 e. The Morgan fingerprint density at radius 2 is 2.22 bits per heavy atom. The van der Waals surface area contributed by atoms with Crippen molar-refractivity contribution in [2.75, 3.05) is 0 Å². The Bertz CT molecular complexity index is 162. The second kappa shape index (κ2) is 2.12.